The van der Waals surface area contributed by atoms with Crippen LogP contribution >= 0.6 is 15.9 Å². The van der Waals surface area contributed by atoms with Crippen molar-refractivity contribution < 1.29 is 9.18 Å². The van der Waals surface area contributed by atoms with Gasteiger partial charge in [0.05, 0.1) is 16.1 Å². The molecule has 0 atom stereocenters. The van der Waals surface area contributed by atoms with Crippen molar-refractivity contribution >= 4 is 21.8 Å². The minimum absolute atomic E-state index is 0.247. The lowest BCUT2D eigenvalue weighted by Gasteiger charge is -2.06. The number of rotatable bonds is 3. The van der Waals surface area contributed by atoms with E-state index in [1.807, 2.05) is 12.1 Å². The van der Waals surface area contributed by atoms with Crippen molar-refractivity contribution in [2.75, 3.05) is 0 Å². The number of hydrogen-bond acceptors (Lipinski definition) is 2. The van der Waals surface area contributed by atoms with Crippen LogP contribution in [0.1, 0.15) is 21.5 Å². The summed E-state index contributed by atoms with van der Waals surface area (Å²) >= 11 is 3.04. The van der Waals surface area contributed by atoms with E-state index in [1.54, 1.807) is 18.2 Å². The van der Waals surface area contributed by atoms with E-state index in [-0.39, 0.29) is 10.4 Å². The number of carbonyl (C=O) groups excluding carboxylic acids is 1. The van der Waals surface area contributed by atoms with Crippen LogP contribution in [0.3, 0.4) is 0 Å². The summed E-state index contributed by atoms with van der Waals surface area (Å²) in [5, 5.41) is 11.5. The van der Waals surface area contributed by atoms with Crippen LogP contribution in [0.15, 0.2) is 46.9 Å². The van der Waals surface area contributed by atoms with Crippen LogP contribution in [0, 0.1) is 17.1 Å². The highest BCUT2D eigenvalue weighted by atomic mass is 79.9. The zero-order valence-corrected chi connectivity index (χ0v) is 11.9. The SMILES string of the molecule is N#Cc1cccc(CNC(=O)c2ccc(F)c(Br)c2)c1. The standard InChI is InChI=1S/C15H10BrFN2O/c16-13-7-12(4-5-14(13)17)15(20)19-9-11-3-1-2-10(6-11)8-18/h1-7H,9H2,(H,19,20). The molecule has 0 aliphatic rings. The van der Waals surface area contributed by atoms with Crippen LogP contribution in [0.2, 0.25) is 0 Å². The molecule has 2 aromatic carbocycles. The van der Waals surface area contributed by atoms with Gasteiger partial charge in [0.15, 0.2) is 0 Å². The van der Waals surface area contributed by atoms with Gasteiger partial charge in [0.25, 0.3) is 5.91 Å². The fourth-order valence-corrected chi connectivity index (χ4v) is 2.05. The van der Waals surface area contributed by atoms with E-state index < -0.39 is 5.82 Å². The average Bonchev–Trinajstić information content (AvgIpc) is 2.47. The fraction of sp³-hybridized carbons (Fsp3) is 0.0667. The van der Waals surface area contributed by atoms with E-state index in [4.69, 9.17) is 5.26 Å². The van der Waals surface area contributed by atoms with Gasteiger partial charge in [0.2, 0.25) is 0 Å². The Kier molecular flexibility index (Phi) is 4.49. The molecule has 2 aromatic rings. The largest absolute Gasteiger partial charge is 0.348 e. The summed E-state index contributed by atoms with van der Waals surface area (Å²) in [5.41, 5.74) is 1.74. The molecule has 2 rings (SSSR count). The fourth-order valence-electron chi connectivity index (χ4n) is 1.67. The van der Waals surface area contributed by atoms with Crippen LogP contribution in [-0.2, 0) is 6.54 Å². The molecule has 0 fully saturated rings. The zero-order valence-electron chi connectivity index (χ0n) is 10.4. The molecule has 0 saturated carbocycles. The normalized spacial score (nSPS) is 9.85. The smallest absolute Gasteiger partial charge is 0.251 e. The minimum Gasteiger partial charge on any atom is -0.348 e. The Morgan fingerprint density at radius 3 is 2.80 bits per heavy atom. The van der Waals surface area contributed by atoms with Crippen molar-refractivity contribution in [3.8, 4) is 6.07 Å². The first-order chi connectivity index (χ1) is 9.60. The van der Waals surface area contributed by atoms with Crippen molar-refractivity contribution in [3.05, 3.63) is 69.4 Å². The van der Waals surface area contributed by atoms with E-state index in [2.05, 4.69) is 21.2 Å². The van der Waals surface area contributed by atoms with Gasteiger partial charge in [0.1, 0.15) is 5.82 Å². The summed E-state index contributed by atoms with van der Waals surface area (Å²) in [4.78, 5) is 11.9. The second-order valence-electron chi connectivity index (χ2n) is 4.12. The number of halogens is 2. The quantitative estimate of drug-likeness (QED) is 0.936. The van der Waals surface area contributed by atoms with Gasteiger partial charge >= 0.3 is 0 Å². The lowest BCUT2D eigenvalue weighted by atomic mass is 10.1. The van der Waals surface area contributed by atoms with Crippen LogP contribution in [-0.4, -0.2) is 5.91 Å². The maximum absolute atomic E-state index is 13.1. The predicted octanol–water partition coefficient (Wildman–Crippen LogP) is 3.39. The summed E-state index contributed by atoms with van der Waals surface area (Å²) in [7, 11) is 0. The molecule has 0 aliphatic carbocycles. The molecule has 0 heterocycles. The summed E-state index contributed by atoms with van der Waals surface area (Å²) in [6, 6.07) is 13.1. The number of amides is 1. The van der Waals surface area contributed by atoms with E-state index in [9.17, 15) is 9.18 Å². The van der Waals surface area contributed by atoms with Gasteiger partial charge in [-0.3, -0.25) is 4.79 Å². The lowest BCUT2D eigenvalue weighted by Crippen LogP contribution is -2.22. The Bertz CT molecular complexity index is 695. The maximum Gasteiger partial charge on any atom is 0.251 e. The van der Waals surface area contributed by atoms with Crippen molar-refractivity contribution in [3.63, 3.8) is 0 Å². The van der Waals surface area contributed by atoms with Crippen molar-refractivity contribution in [1.29, 1.82) is 5.26 Å². The number of benzene rings is 2. The molecular formula is C15H10BrFN2O. The van der Waals surface area contributed by atoms with Crippen molar-refractivity contribution in [2.24, 2.45) is 0 Å². The molecule has 0 aliphatic heterocycles. The minimum atomic E-state index is -0.414. The Hall–Kier alpha value is -2.19. The summed E-state index contributed by atoms with van der Waals surface area (Å²) in [6.45, 7) is 0.309. The van der Waals surface area contributed by atoms with Crippen LogP contribution in [0.4, 0.5) is 4.39 Å². The summed E-state index contributed by atoms with van der Waals surface area (Å²) in [6.07, 6.45) is 0. The highest BCUT2D eigenvalue weighted by molar-refractivity contribution is 9.10. The van der Waals surface area contributed by atoms with Gasteiger partial charge < -0.3 is 5.32 Å². The number of hydrogen-bond donors (Lipinski definition) is 1. The highest BCUT2D eigenvalue weighted by Crippen LogP contribution is 2.16. The number of nitrogens with zero attached hydrogens (tertiary/aromatic N) is 1. The second-order valence-corrected chi connectivity index (χ2v) is 4.98. The Morgan fingerprint density at radius 2 is 2.10 bits per heavy atom. The first-order valence-corrected chi connectivity index (χ1v) is 6.62. The molecule has 0 bridgehead atoms. The van der Waals surface area contributed by atoms with Gasteiger partial charge in [-0.05, 0) is 51.8 Å². The Balaban J connectivity index is 2.05. The van der Waals surface area contributed by atoms with Gasteiger partial charge in [-0.25, -0.2) is 4.39 Å². The second kappa shape index (κ2) is 6.31. The molecule has 1 N–H and O–H groups in total. The zero-order chi connectivity index (χ0) is 14.5. The first-order valence-electron chi connectivity index (χ1n) is 5.82. The van der Waals surface area contributed by atoms with Crippen molar-refractivity contribution in [2.45, 2.75) is 6.54 Å². The van der Waals surface area contributed by atoms with Gasteiger partial charge in [-0.1, -0.05) is 12.1 Å². The van der Waals surface area contributed by atoms with Crippen LogP contribution in [0.25, 0.3) is 0 Å². The number of nitrogens with one attached hydrogen (secondary N) is 1. The van der Waals surface area contributed by atoms with Gasteiger partial charge in [-0.2, -0.15) is 5.26 Å². The molecular weight excluding hydrogens is 323 g/mol. The molecule has 0 saturated heterocycles. The van der Waals surface area contributed by atoms with Crippen LogP contribution in [0.5, 0.6) is 0 Å². The van der Waals surface area contributed by atoms with E-state index in [0.717, 1.165) is 5.56 Å². The van der Waals surface area contributed by atoms with E-state index in [0.29, 0.717) is 17.7 Å². The molecule has 5 heteroatoms. The molecule has 100 valence electrons. The molecule has 20 heavy (non-hydrogen) atoms. The number of nitriles is 1. The maximum atomic E-state index is 13.1. The Labute approximate surface area is 124 Å². The molecule has 0 aromatic heterocycles. The number of carbonyl (C=O) groups is 1. The van der Waals surface area contributed by atoms with Gasteiger partial charge in [0, 0.05) is 12.1 Å². The predicted molar refractivity (Wildman–Crippen MR) is 76.4 cm³/mol. The molecule has 0 unspecified atom stereocenters. The lowest BCUT2D eigenvalue weighted by molar-refractivity contribution is 0.0951. The topological polar surface area (TPSA) is 52.9 Å². The molecule has 3 nitrogen and oxygen atoms in total. The van der Waals surface area contributed by atoms with E-state index in [1.165, 1.54) is 18.2 Å². The van der Waals surface area contributed by atoms with Crippen LogP contribution < -0.4 is 5.32 Å². The first kappa shape index (κ1) is 14.2. The molecule has 0 spiro atoms. The van der Waals surface area contributed by atoms with E-state index >= 15 is 0 Å². The monoisotopic (exact) mass is 332 g/mol. The summed E-state index contributed by atoms with van der Waals surface area (Å²) in [5.74, 6) is -0.712. The third-order valence-corrected chi connectivity index (χ3v) is 3.30. The Morgan fingerprint density at radius 1 is 1.30 bits per heavy atom. The van der Waals surface area contributed by atoms with Gasteiger partial charge in [-0.15, -0.1) is 0 Å². The third-order valence-electron chi connectivity index (χ3n) is 2.69. The highest BCUT2D eigenvalue weighted by Gasteiger charge is 2.08. The van der Waals surface area contributed by atoms with Crippen molar-refractivity contribution in [1.82, 2.24) is 5.32 Å². The average molecular weight is 333 g/mol. The molecule has 1 amide bonds. The summed E-state index contributed by atoms with van der Waals surface area (Å²) < 4.78 is 13.3. The third kappa shape index (κ3) is 3.43. The molecule has 0 radical (unpaired) electrons.